The van der Waals surface area contributed by atoms with Gasteiger partial charge in [0.05, 0.1) is 22.8 Å². The lowest BCUT2D eigenvalue weighted by atomic mass is 9.78. The lowest BCUT2D eigenvalue weighted by molar-refractivity contribution is 0.575. The molecule has 12 rings (SSSR count). The normalized spacial score (nSPS) is 16.0. The molecule has 2 atom stereocenters. The third-order valence-electron chi connectivity index (χ3n) is 12.2. The molecular weight excluding hydrogens is 709 g/mol. The van der Waals surface area contributed by atoms with E-state index in [2.05, 4.69) is 174 Å². The molecule has 0 aliphatic carbocycles. The Morgan fingerprint density at radius 3 is 2.02 bits per heavy atom. The Balaban J connectivity index is 0.969. The zero-order valence-corrected chi connectivity index (χ0v) is 31.6. The van der Waals surface area contributed by atoms with E-state index in [4.69, 9.17) is 20.4 Å². The van der Waals surface area contributed by atoms with E-state index in [1.807, 2.05) is 12.1 Å². The van der Waals surface area contributed by atoms with E-state index in [1.54, 1.807) is 0 Å². The Morgan fingerprint density at radius 2 is 1.16 bits per heavy atom. The number of hydrogen-bond donors (Lipinski definition) is 0. The van der Waals surface area contributed by atoms with Gasteiger partial charge >= 0.3 is 0 Å². The van der Waals surface area contributed by atoms with Gasteiger partial charge in [0.2, 0.25) is 0 Å². The minimum absolute atomic E-state index is 0.00545. The summed E-state index contributed by atoms with van der Waals surface area (Å²) in [4.78, 5) is 5.44. The molecule has 0 radical (unpaired) electrons. The first-order valence-electron chi connectivity index (χ1n) is 19.9. The van der Waals surface area contributed by atoms with Crippen LogP contribution in [0.1, 0.15) is 35.1 Å². The second-order valence-corrected chi connectivity index (χ2v) is 15.5. The van der Waals surface area contributed by atoms with Crippen molar-refractivity contribution >= 4 is 71.4 Å². The fourth-order valence-corrected chi connectivity index (χ4v) is 9.44. The Morgan fingerprint density at radius 1 is 0.483 bits per heavy atom. The number of rotatable bonds is 5. The molecule has 1 aliphatic heterocycles. The summed E-state index contributed by atoms with van der Waals surface area (Å²) in [6.07, 6.45) is 0.800. The van der Waals surface area contributed by atoms with Crippen molar-refractivity contribution in [3.8, 4) is 16.8 Å². The van der Waals surface area contributed by atoms with Crippen LogP contribution in [0, 0.1) is 0 Å². The van der Waals surface area contributed by atoms with Crippen molar-refractivity contribution in [1.29, 1.82) is 0 Å². The van der Waals surface area contributed by atoms with Crippen molar-refractivity contribution in [3.63, 3.8) is 0 Å². The van der Waals surface area contributed by atoms with E-state index >= 15 is 0 Å². The van der Waals surface area contributed by atoms with Crippen LogP contribution >= 0.6 is 0 Å². The zero-order chi connectivity index (χ0) is 38.3. The summed E-state index contributed by atoms with van der Waals surface area (Å²) < 4.78 is 15.7. The molecule has 1 aliphatic rings. The van der Waals surface area contributed by atoms with Crippen molar-refractivity contribution in [2.24, 2.45) is 4.99 Å². The van der Waals surface area contributed by atoms with E-state index in [0.717, 1.165) is 89.4 Å². The molecule has 0 spiro atoms. The van der Waals surface area contributed by atoms with E-state index in [9.17, 15) is 0 Å². The maximum Gasteiger partial charge on any atom is 0.139 e. The van der Waals surface area contributed by atoms with Gasteiger partial charge in [-0.1, -0.05) is 134 Å². The lowest BCUT2D eigenvalue weighted by Gasteiger charge is -2.31. The Hall–Kier alpha value is -7.43. The third-order valence-corrected chi connectivity index (χ3v) is 12.2. The molecule has 3 aromatic heterocycles. The van der Waals surface area contributed by atoms with Gasteiger partial charge in [0.25, 0.3) is 0 Å². The van der Waals surface area contributed by atoms with E-state index in [1.165, 1.54) is 27.5 Å². The first kappa shape index (κ1) is 32.8. The van der Waals surface area contributed by atoms with E-state index in [0.29, 0.717) is 0 Å². The Kier molecular flexibility index (Phi) is 7.24. The first-order valence-corrected chi connectivity index (χ1v) is 19.9. The SMILES string of the molecule is C=C1C(c2ccc3c(c2)oc2cc(-n4c5ccccc5c5cc(-c6ccccc6)ccc54)ccc23)=NC(c2ccccc2)CC1c1cccc2c1oc1ccccc12. The Bertz CT molecular complexity index is 3460. The topological polar surface area (TPSA) is 43.6 Å². The molecule has 0 amide bonds. The number of fused-ring (bicyclic) bond motifs is 9. The number of benzene rings is 8. The predicted molar refractivity (Wildman–Crippen MR) is 239 cm³/mol. The molecular formula is C54H36N2O2. The maximum absolute atomic E-state index is 6.76. The summed E-state index contributed by atoms with van der Waals surface area (Å²) in [5.41, 5.74) is 14.5. The molecule has 0 bridgehead atoms. The van der Waals surface area contributed by atoms with Crippen LogP contribution in [0.5, 0.6) is 0 Å². The first-order chi connectivity index (χ1) is 28.7. The average Bonchev–Trinajstić information content (AvgIpc) is 3.96. The van der Waals surface area contributed by atoms with Gasteiger partial charge in [0.1, 0.15) is 22.3 Å². The van der Waals surface area contributed by atoms with Crippen molar-refractivity contribution in [3.05, 3.63) is 211 Å². The summed E-state index contributed by atoms with van der Waals surface area (Å²) >= 11 is 0. The van der Waals surface area contributed by atoms with Gasteiger partial charge in [0, 0.05) is 61.1 Å². The molecule has 8 aromatic carbocycles. The fraction of sp³-hybridized carbons (Fsp3) is 0.0556. The van der Waals surface area contributed by atoms with Gasteiger partial charge in [-0.2, -0.15) is 0 Å². The van der Waals surface area contributed by atoms with Crippen LogP contribution in [0.4, 0.5) is 0 Å². The van der Waals surface area contributed by atoms with Crippen LogP contribution in [0.15, 0.2) is 208 Å². The molecule has 0 saturated carbocycles. The highest BCUT2D eigenvalue weighted by atomic mass is 16.3. The van der Waals surface area contributed by atoms with Gasteiger partial charge in [-0.15, -0.1) is 0 Å². The Labute approximate surface area is 334 Å². The van der Waals surface area contributed by atoms with Crippen LogP contribution in [0.3, 0.4) is 0 Å². The highest BCUT2D eigenvalue weighted by Gasteiger charge is 2.32. The molecule has 0 saturated heterocycles. The molecule has 0 N–H and O–H groups in total. The molecule has 4 heteroatoms. The molecule has 11 aromatic rings. The van der Waals surface area contributed by atoms with Crippen LogP contribution in [0.2, 0.25) is 0 Å². The predicted octanol–water partition coefficient (Wildman–Crippen LogP) is 14.5. The number of para-hydroxylation sites is 3. The number of aromatic nitrogens is 1. The molecule has 4 nitrogen and oxygen atoms in total. The van der Waals surface area contributed by atoms with Crippen LogP contribution < -0.4 is 0 Å². The van der Waals surface area contributed by atoms with Crippen molar-refractivity contribution in [1.82, 2.24) is 4.57 Å². The van der Waals surface area contributed by atoms with Crippen molar-refractivity contribution in [2.45, 2.75) is 18.4 Å². The van der Waals surface area contributed by atoms with E-state index < -0.39 is 0 Å². The van der Waals surface area contributed by atoms with Gasteiger partial charge < -0.3 is 13.4 Å². The van der Waals surface area contributed by atoms with Gasteiger partial charge in [-0.3, -0.25) is 4.99 Å². The largest absolute Gasteiger partial charge is 0.456 e. The molecule has 0 fully saturated rings. The molecule has 274 valence electrons. The summed E-state index contributed by atoms with van der Waals surface area (Å²) in [6, 6.07) is 64.5. The van der Waals surface area contributed by atoms with Gasteiger partial charge in [-0.25, -0.2) is 0 Å². The number of nitrogens with zero attached hydrogens (tertiary/aromatic N) is 2. The maximum atomic E-state index is 6.76. The summed E-state index contributed by atoms with van der Waals surface area (Å²) in [5.74, 6) is 0.00545. The number of furan rings is 2. The standard InChI is InChI=1S/C54H36N2O2/c1-33-45(44-20-12-19-43-40-18-9-11-22-50(40)58-54(43)44)32-47(35-15-6-3-7-16-35)55-53(33)37-23-26-41-42-27-25-38(31-52(42)57-51(41)30-37)56-48-21-10-8-17-39(48)46-29-36(24-28-49(46)56)34-13-4-2-5-14-34/h2-31,45,47H,1,32H2. The summed E-state index contributed by atoms with van der Waals surface area (Å²) in [5, 5.41) is 6.86. The van der Waals surface area contributed by atoms with Gasteiger partial charge in [-0.05, 0) is 77.2 Å². The monoisotopic (exact) mass is 744 g/mol. The quantitative estimate of drug-likeness (QED) is 0.176. The number of allylic oxidation sites excluding steroid dienone is 1. The van der Waals surface area contributed by atoms with Crippen molar-refractivity contribution < 1.29 is 8.83 Å². The van der Waals surface area contributed by atoms with Gasteiger partial charge in [0.15, 0.2) is 0 Å². The average molecular weight is 745 g/mol. The number of aliphatic imine (C=N–C) groups is 1. The summed E-state index contributed by atoms with van der Waals surface area (Å²) in [7, 11) is 0. The molecule has 2 unspecified atom stereocenters. The zero-order valence-electron chi connectivity index (χ0n) is 31.6. The molecule has 58 heavy (non-hydrogen) atoms. The van der Waals surface area contributed by atoms with Crippen LogP contribution in [0.25, 0.3) is 82.5 Å². The second-order valence-electron chi connectivity index (χ2n) is 15.5. The lowest BCUT2D eigenvalue weighted by Crippen LogP contribution is -2.21. The highest BCUT2D eigenvalue weighted by molar-refractivity contribution is 6.17. The summed E-state index contributed by atoms with van der Waals surface area (Å²) in [6.45, 7) is 4.75. The number of hydrogen-bond acceptors (Lipinski definition) is 3. The van der Waals surface area contributed by atoms with Crippen LogP contribution in [-0.2, 0) is 0 Å². The van der Waals surface area contributed by atoms with Crippen molar-refractivity contribution in [2.75, 3.05) is 0 Å². The minimum atomic E-state index is -0.0461. The molecule has 4 heterocycles. The smallest absolute Gasteiger partial charge is 0.139 e. The fourth-order valence-electron chi connectivity index (χ4n) is 9.44. The van der Waals surface area contributed by atoms with Crippen LogP contribution in [-0.4, -0.2) is 10.3 Å². The van der Waals surface area contributed by atoms with E-state index in [-0.39, 0.29) is 12.0 Å². The minimum Gasteiger partial charge on any atom is -0.456 e. The second kappa shape index (κ2) is 12.8. The highest BCUT2D eigenvalue weighted by Crippen LogP contribution is 2.46. The third kappa shape index (κ3) is 5.05.